The fraction of sp³-hybridized carbons (Fsp3) is 0.375. The second-order valence-electron chi connectivity index (χ2n) is 5.69. The number of rotatable bonds is 3. The topological polar surface area (TPSA) is 56.6 Å². The minimum atomic E-state index is -0.697. The number of anilines is 1. The van der Waals surface area contributed by atoms with Crippen molar-refractivity contribution in [2.24, 2.45) is 7.05 Å². The maximum absolute atomic E-state index is 12.7. The van der Waals surface area contributed by atoms with Gasteiger partial charge in [-0.15, -0.1) is 0 Å². The fourth-order valence-corrected chi connectivity index (χ4v) is 2.50. The Balaban J connectivity index is 1.89. The summed E-state index contributed by atoms with van der Waals surface area (Å²) in [4.78, 5) is 14.4. The zero-order valence-corrected chi connectivity index (χ0v) is 13.2. The van der Waals surface area contributed by atoms with Crippen molar-refractivity contribution in [3.05, 3.63) is 36.2 Å². The standard InChI is InChI=1S/C16H19N3O3/c1-5-19(12-9-17-18(4)10-12)15(20)11-6-7-13-14(8-11)22-16(2,3)21-13/h6-10H,5H2,1-4H3. The van der Waals surface area contributed by atoms with Gasteiger partial charge < -0.3 is 14.4 Å². The Kier molecular flexibility index (Phi) is 3.31. The number of hydrogen-bond donors (Lipinski definition) is 0. The highest BCUT2D eigenvalue weighted by atomic mass is 16.7. The van der Waals surface area contributed by atoms with Gasteiger partial charge in [0.25, 0.3) is 5.91 Å². The fourth-order valence-electron chi connectivity index (χ4n) is 2.50. The van der Waals surface area contributed by atoms with Crippen LogP contribution in [0.3, 0.4) is 0 Å². The largest absolute Gasteiger partial charge is 0.449 e. The number of aromatic nitrogens is 2. The van der Waals surface area contributed by atoms with Crippen LogP contribution < -0.4 is 14.4 Å². The van der Waals surface area contributed by atoms with E-state index in [-0.39, 0.29) is 5.91 Å². The number of carbonyl (C=O) groups excluding carboxylic acids is 1. The summed E-state index contributed by atoms with van der Waals surface area (Å²) in [6.07, 6.45) is 3.50. The summed E-state index contributed by atoms with van der Waals surface area (Å²) in [6.45, 7) is 6.16. The van der Waals surface area contributed by atoms with Gasteiger partial charge in [0.05, 0.1) is 11.9 Å². The van der Waals surface area contributed by atoms with Crippen LogP contribution in [0, 0.1) is 0 Å². The van der Waals surface area contributed by atoms with Gasteiger partial charge in [-0.05, 0) is 25.1 Å². The van der Waals surface area contributed by atoms with Gasteiger partial charge in [0.1, 0.15) is 0 Å². The zero-order valence-electron chi connectivity index (χ0n) is 13.2. The summed E-state index contributed by atoms with van der Waals surface area (Å²) in [5, 5.41) is 4.12. The lowest BCUT2D eigenvalue weighted by Gasteiger charge is -2.19. The van der Waals surface area contributed by atoms with Gasteiger partial charge in [-0.1, -0.05) is 0 Å². The molecule has 22 heavy (non-hydrogen) atoms. The number of nitrogens with zero attached hydrogens (tertiary/aromatic N) is 3. The van der Waals surface area contributed by atoms with E-state index >= 15 is 0 Å². The van der Waals surface area contributed by atoms with Gasteiger partial charge in [0.15, 0.2) is 11.5 Å². The van der Waals surface area contributed by atoms with Crippen molar-refractivity contribution in [2.45, 2.75) is 26.6 Å². The molecule has 1 aromatic heterocycles. The second kappa shape index (κ2) is 5.05. The van der Waals surface area contributed by atoms with Gasteiger partial charge in [0.2, 0.25) is 5.79 Å². The summed E-state index contributed by atoms with van der Waals surface area (Å²) in [6, 6.07) is 5.25. The molecule has 1 aromatic carbocycles. The van der Waals surface area contributed by atoms with Crippen molar-refractivity contribution < 1.29 is 14.3 Å². The van der Waals surface area contributed by atoms with Crippen LogP contribution in [0.25, 0.3) is 0 Å². The molecule has 2 heterocycles. The molecular weight excluding hydrogens is 282 g/mol. The Morgan fingerprint density at radius 1 is 1.32 bits per heavy atom. The van der Waals surface area contributed by atoms with E-state index in [1.807, 2.05) is 34.0 Å². The summed E-state index contributed by atoms with van der Waals surface area (Å²) in [5.74, 6) is 0.466. The normalized spacial score (nSPS) is 14.9. The van der Waals surface area contributed by atoms with Crippen LogP contribution in [0.5, 0.6) is 11.5 Å². The predicted octanol–water partition coefficient (Wildman–Crippen LogP) is 2.59. The van der Waals surface area contributed by atoms with E-state index in [1.165, 1.54) is 0 Å². The quantitative estimate of drug-likeness (QED) is 0.874. The molecule has 0 fully saturated rings. The molecule has 2 aromatic rings. The van der Waals surface area contributed by atoms with Crippen molar-refractivity contribution in [1.82, 2.24) is 9.78 Å². The van der Waals surface area contributed by atoms with E-state index in [4.69, 9.17) is 9.47 Å². The average Bonchev–Trinajstić information content (AvgIpc) is 3.00. The third-order valence-corrected chi connectivity index (χ3v) is 3.47. The molecule has 0 bridgehead atoms. The van der Waals surface area contributed by atoms with Crippen molar-refractivity contribution in [2.75, 3.05) is 11.4 Å². The molecule has 0 unspecified atom stereocenters. The SMILES string of the molecule is CCN(C(=O)c1ccc2c(c1)OC(C)(C)O2)c1cnn(C)c1. The highest BCUT2D eigenvalue weighted by Crippen LogP contribution is 2.39. The van der Waals surface area contributed by atoms with E-state index < -0.39 is 5.79 Å². The summed E-state index contributed by atoms with van der Waals surface area (Å²) < 4.78 is 13.0. The molecule has 3 rings (SSSR count). The van der Waals surface area contributed by atoms with Crippen LogP contribution >= 0.6 is 0 Å². The summed E-state index contributed by atoms with van der Waals surface area (Å²) in [7, 11) is 1.82. The van der Waals surface area contributed by atoms with E-state index in [0.29, 0.717) is 23.6 Å². The molecule has 6 nitrogen and oxygen atoms in total. The molecule has 1 aliphatic heterocycles. The van der Waals surface area contributed by atoms with Crippen molar-refractivity contribution in [1.29, 1.82) is 0 Å². The molecule has 0 aliphatic carbocycles. The minimum absolute atomic E-state index is 0.0911. The number of amides is 1. The monoisotopic (exact) mass is 301 g/mol. The van der Waals surface area contributed by atoms with Gasteiger partial charge in [-0.3, -0.25) is 9.48 Å². The average molecular weight is 301 g/mol. The highest BCUT2D eigenvalue weighted by molar-refractivity contribution is 6.06. The predicted molar refractivity (Wildman–Crippen MR) is 82.3 cm³/mol. The molecular formula is C16H19N3O3. The molecule has 1 aliphatic rings. The smallest absolute Gasteiger partial charge is 0.258 e. The van der Waals surface area contributed by atoms with E-state index in [9.17, 15) is 4.79 Å². The first-order chi connectivity index (χ1) is 10.4. The molecule has 0 N–H and O–H groups in total. The van der Waals surface area contributed by atoms with Crippen LogP contribution in [0.1, 0.15) is 31.1 Å². The number of fused-ring (bicyclic) bond motifs is 1. The Labute approximate surface area is 129 Å². The molecule has 1 amide bonds. The molecule has 0 atom stereocenters. The molecule has 0 spiro atoms. The first kappa shape index (κ1) is 14.4. The summed E-state index contributed by atoms with van der Waals surface area (Å²) in [5.41, 5.74) is 1.33. The second-order valence-corrected chi connectivity index (χ2v) is 5.69. The molecule has 0 saturated heterocycles. The lowest BCUT2D eigenvalue weighted by molar-refractivity contribution is -0.0431. The van der Waals surface area contributed by atoms with Crippen molar-refractivity contribution >= 4 is 11.6 Å². The third-order valence-electron chi connectivity index (χ3n) is 3.47. The van der Waals surface area contributed by atoms with Crippen LogP contribution in [-0.4, -0.2) is 28.0 Å². The maximum Gasteiger partial charge on any atom is 0.258 e. The Morgan fingerprint density at radius 2 is 2.05 bits per heavy atom. The molecule has 0 saturated carbocycles. The number of carbonyl (C=O) groups is 1. The molecule has 0 radical (unpaired) electrons. The van der Waals surface area contributed by atoms with Gasteiger partial charge in [-0.2, -0.15) is 5.10 Å². The highest BCUT2D eigenvalue weighted by Gasteiger charge is 2.32. The van der Waals surface area contributed by atoms with E-state index in [1.54, 1.807) is 34.0 Å². The Morgan fingerprint density at radius 3 is 2.68 bits per heavy atom. The van der Waals surface area contributed by atoms with Crippen LogP contribution in [0.4, 0.5) is 5.69 Å². The van der Waals surface area contributed by atoms with Gasteiger partial charge in [0, 0.05) is 39.2 Å². The van der Waals surface area contributed by atoms with Crippen molar-refractivity contribution in [3.63, 3.8) is 0 Å². The van der Waals surface area contributed by atoms with E-state index in [0.717, 1.165) is 5.69 Å². The van der Waals surface area contributed by atoms with Crippen LogP contribution in [0.2, 0.25) is 0 Å². The molecule has 6 heteroatoms. The van der Waals surface area contributed by atoms with E-state index in [2.05, 4.69) is 5.10 Å². The zero-order chi connectivity index (χ0) is 15.9. The van der Waals surface area contributed by atoms with Crippen LogP contribution in [-0.2, 0) is 7.05 Å². The number of hydrogen-bond acceptors (Lipinski definition) is 4. The Bertz CT molecular complexity index is 721. The lowest BCUT2D eigenvalue weighted by atomic mass is 10.1. The number of benzene rings is 1. The summed E-state index contributed by atoms with van der Waals surface area (Å²) >= 11 is 0. The molecule has 116 valence electrons. The third kappa shape index (κ3) is 2.52. The van der Waals surface area contributed by atoms with Crippen molar-refractivity contribution in [3.8, 4) is 11.5 Å². The number of aryl methyl sites for hydroxylation is 1. The number of ether oxygens (including phenoxy) is 2. The van der Waals surface area contributed by atoms with Gasteiger partial charge in [-0.25, -0.2) is 0 Å². The maximum atomic E-state index is 12.7. The minimum Gasteiger partial charge on any atom is -0.449 e. The van der Waals surface area contributed by atoms with Crippen LogP contribution in [0.15, 0.2) is 30.6 Å². The Hall–Kier alpha value is -2.50. The lowest BCUT2D eigenvalue weighted by Crippen LogP contribution is -2.30. The first-order valence-electron chi connectivity index (χ1n) is 7.22. The van der Waals surface area contributed by atoms with Gasteiger partial charge >= 0.3 is 0 Å². The first-order valence-corrected chi connectivity index (χ1v) is 7.22.